The van der Waals surface area contributed by atoms with E-state index in [0.29, 0.717) is 13.2 Å². The number of nitrogens with zero attached hydrogens (tertiary/aromatic N) is 1. The van der Waals surface area contributed by atoms with Crippen LogP contribution in [0.25, 0.3) is 0 Å². The highest BCUT2D eigenvalue weighted by atomic mass is 17.3. The summed E-state index contributed by atoms with van der Waals surface area (Å²) in [5, 5.41) is 1.71. The highest BCUT2D eigenvalue weighted by Gasteiger charge is 2.16. The Hall–Kier alpha value is -1.10. The lowest BCUT2D eigenvalue weighted by atomic mass is 10.2. The molecule has 4 nitrogen and oxygen atoms in total. The number of anilines is 1. The van der Waals surface area contributed by atoms with E-state index in [9.17, 15) is 0 Å². The van der Waals surface area contributed by atoms with Gasteiger partial charge in [0.05, 0.1) is 12.2 Å². The lowest BCUT2D eigenvalue weighted by Crippen LogP contribution is -2.19. The van der Waals surface area contributed by atoms with Crippen molar-refractivity contribution in [2.24, 2.45) is 5.73 Å². The van der Waals surface area contributed by atoms with E-state index >= 15 is 0 Å². The summed E-state index contributed by atoms with van der Waals surface area (Å²) >= 11 is 0. The van der Waals surface area contributed by atoms with Crippen molar-refractivity contribution in [3.8, 4) is 0 Å². The maximum Gasteiger partial charge on any atom is 0.105 e. The topological polar surface area (TPSA) is 47.7 Å². The zero-order valence-electron chi connectivity index (χ0n) is 7.27. The molecule has 1 heterocycles. The Kier molecular flexibility index (Phi) is 2.44. The largest absolute Gasteiger partial charge is 0.326 e. The summed E-state index contributed by atoms with van der Waals surface area (Å²) in [6.45, 7) is 1.85. The summed E-state index contributed by atoms with van der Waals surface area (Å²) < 4.78 is 0. The smallest absolute Gasteiger partial charge is 0.105 e. The average molecular weight is 180 g/mol. The van der Waals surface area contributed by atoms with Gasteiger partial charge >= 0.3 is 0 Å². The average Bonchev–Trinajstić information content (AvgIpc) is 2.70. The van der Waals surface area contributed by atoms with Gasteiger partial charge < -0.3 is 5.73 Å². The fourth-order valence-electron chi connectivity index (χ4n) is 1.35. The van der Waals surface area contributed by atoms with Crippen molar-refractivity contribution in [3.05, 3.63) is 29.8 Å². The third kappa shape index (κ3) is 1.65. The van der Waals surface area contributed by atoms with Gasteiger partial charge in [-0.2, -0.15) is 0 Å². The minimum Gasteiger partial charge on any atom is -0.326 e. The Morgan fingerprint density at radius 2 is 2.23 bits per heavy atom. The van der Waals surface area contributed by atoms with Crippen LogP contribution in [0.4, 0.5) is 5.69 Å². The molecule has 70 valence electrons. The molecule has 0 unspecified atom stereocenters. The molecule has 4 heteroatoms. The highest BCUT2D eigenvalue weighted by Crippen LogP contribution is 2.22. The van der Waals surface area contributed by atoms with Crippen molar-refractivity contribution in [3.63, 3.8) is 0 Å². The van der Waals surface area contributed by atoms with E-state index in [1.54, 1.807) is 5.06 Å². The first kappa shape index (κ1) is 8.50. The molecular formula is C9H12N2O2. The lowest BCUT2D eigenvalue weighted by Gasteiger charge is -2.16. The fraction of sp³-hybridized carbons (Fsp3) is 0.333. The van der Waals surface area contributed by atoms with E-state index in [0.717, 1.165) is 17.8 Å². The molecule has 0 amide bonds. The van der Waals surface area contributed by atoms with E-state index < -0.39 is 0 Å². The van der Waals surface area contributed by atoms with E-state index in [-0.39, 0.29) is 0 Å². The third-order valence-electron chi connectivity index (χ3n) is 2.00. The van der Waals surface area contributed by atoms with Crippen molar-refractivity contribution in [1.29, 1.82) is 0 Å². The van der Waals surface area contributed by atoms with Gasteiger partial charge in [0.25, 0.3) is 0 Å². The van der Waals surface area contributed by atoms with Gasteiger partial charge in [-0.3, -0.25) is 0 Å². The zero-order valence-corrected chi connectivity index (χ0v) is 7.27. The van der Waals surface area contributed by atoms with Crippen LogP contribution in [0.2, 0.25) is 0 Å². The molecule has 2 N–H and O–H groups in total. The van der Waals surface area contributed by atoms with Gasteiger partial charge in [0.2, 0.25) is 0 Å². The molecule has 0 atom stereocenters. The Balaban J connectivity index is 2.26. The Morgan fingerprint density at radius 3 is 2.92 bits per heavy atom. The van der Waals surface area contributed by atoms with Gasteiger partial charge in [-0.15, -0.1) is 4.99 Å². The van der Waals surface area contributed by atoms with Gasteiger partial charge in [0.15, 0.2) is 0 Å². The maximum atomic E-state index is 5.60. The summed E-state index contributed by atoms with van der Waals surface area (Å²) in [5.41, 5.74) is 7.65. The molecule has 0 radical (unpaired) electrons. The Bertz CT molecular complexity index is 285. The van der Waals surface area contributed by atoms with Crippen LogP contribution < -0.4 is 10.8 Å². The second-order valence-electron chi connectivity index (χ2n) is 2.83. The first-order valence-electron chi connectivity index (χ1n) is 4.27. The second-order valence-corrected chi connectivity index (χ2v) is 2.83. The molecule has 13 heavy (non-hydrogen) atoms. The summed E-state index contributed by atoms with van der Waals surface area (Å²) in [5.74, 6) is 0. The molecular weight excluding hydrogens is 168 g/mol. The van der Waals surface area contributed by atoms with Crippen molar-refractivity contribution in [2.45, 2.75) is 6.54 Å². The molecule has 1 aromatic carbocycles. The van der Waals surface area contributed by atoms with Crippen LogP contribution in [0.3, 0.4) is 0 Å². The van der Waals surface area contributed by atoms with E-state index in [4.69, 9.17) is 15.6 Å². The molecule has 1 fully saturated rings. The highest BCUT2D eigenvalue weighted by molar-refractivity contribution is 5.51. The van der Waals surface area contributed by atoms with Crippen LogP contribution in [-0.2, 0) is 16.4 Å². The lowest BCUT2D eigenvalue weighted by molar-refractivity contribution is -0.258. The molecule has 0 spiro atoms. The van der Waals surface area contributed by atoms with Crippen molar-refractivity contribution >= 4 is 5.69 Å². The molecule has 1 aliphatic rings. The minimum absolute atomic E-state index is 0.510. The second kappa shape index (κ2) is 3.74. The molecule has 1 saturated heterocycles. The molecule has 0 bridgehead atoms. The molecule has 1 aliphatic heterocycles. The number of hydrogen-bond acceptors (Lipinski definition) is 4. The third-order valence-corrected chi connectivity index (χ3v) is 2.00. The standard InChI is InChI=1S/C9H12N2O2/c10-7-8-3-1-2-4-9(8)11-5-6-12-13-11/h1-4H,5-7,10H2. The monoisotopic (exact) mass is 180 g/mol. The van der Waals surface area contributed by atoms with Crippen molar-refractivity contribution in [2.75, 3.05) is 18.2 Å². The van der Waals surface area contributed by atoms with Crippen LogP contribution in [0.15, 0.2) is 24.3 Å². The minimum atomic E-state index is 0.510. The van der Waals surface area contributed by atoms with Crippen LogP contribution in [0.5, 0.6) is 0 Å². The molecule has 0 aromatic heterocycles. The maximum absolute atomic E-state index is 5.60. The predicted molar refractivity (Wildman–Crippen MR) is 48.7 cm³/mol. The van der Waals surface area contributed by atoms with Crippen LogP contribution in [-0.4, -0.2) is 13.2 Å². The first-order valence-corrected chi connectivity index (χ1v) is 4.27. The van der Waals surface area contributed by atoms with Crippen molar-refractivity contribution in [1.82, 2.24) is 0 Å². The van der Waals surface area contributed by atoms with Gasteiger partial charge in [0, 0.05) is 6.54 Å². The van der Waals surface area contributed by atoms with E-state index in [1.165, 1.54) is 0 Å². The number of hydrogen-bond donors (Lipinski definition) is 1. The quantitative estimate of drug-likeness (QED) is 0.685. The summed E-state index contributed by atoms with van der Waals surface area (Å²) in [6, 6.07) is 7.87. The molecule has 0 aliphatic carbocycles. The molecule has 1 aromatic rings. The number of hydroxylamine groups is 1. The van der Waals surface area contributed by atoms with E-state index in [1.807, 2.05) is 24.3 Å². The van der Waals surface area contributed by atoms with E-state index in [2.05, 4.69) is 0 Å². The van der Waals surface area contributed by atoms with Crippen molar-refractivity contribution < 1.29 is 9.88 Å². The van der Waals surface area contributed by atoms with Gasteiger partial charge in [-0.25, -0.2) is 9.95 Å². The predicted octanol–water partition coefficient (Wildman–Crippen LogP) is 0.829. The summed E-state index contributed by atoms with van der Waals surface area (Å²) in [4.78, 5) is 9.76. The van der Waals surface area contributed by atoms with Crippen LogP contribution >= 0.6 is 0 Å². The normalized spacial score (nSPS) is 16.5. The SMILES string of the molecule is NCc1ccccc1N1CCOO1. The summed E-state index contributed by atoms with van der Waals surface area (Å²) in [6.07, 6.45) is 0. The Labute approximate surface area is 76.7 Å². The van der Waals surface area contributed by atoms with Crippen LogP contribution in [0, 0.1) is 0 Å². The molecule has 2 rings (SSSR count). The number of benzene rings is 1. The summed E-state index contributed by atoms with van der Waals surface area (Å²) in [7, 11) is 0. The van der Waals surface area contributed by atoms with Gasteiger partial charge in [0.1, 0.15) is 6.61 Å². The van der Waals surface area contributed by atoms with Crippen LogP contribution in [0.1, 0.15) is 5.56 Å². The first-order chi connectivity index (χ1) is 6.42. The fourth-order valence-corrected chi connectivity index (χ4v) is 1.35. The van der Waals surface area contributed by atoms with Gasteiger partial charge in [-0.1, -0.05) is 18.2 Å². The number of para-hydroxylation sites is 1. The Morgan fingerprint density at radius 1 is 1.38 bits per heavy atom. The molecule has 0 saturated carbocycles. The zero-order chi connectivity index (χ0) is 9.10. The van der Waals surface area contributed by atoms with Gasteiger partial charge in [-0.05, 0) is 11.6 Å². The number of nitrogens with two attached hydrogens (primary N) is 1. The number of rotatable bonds is 2.